The van der Waals surface area contributed by atoms with Gasteiger partial charge in [-0.3, -0.25) is 4.79 Å². The fraction of sp³-hybridized carbons (Fsp3) is 0.700. The molecule has 0 aromatic carbocycles. The largest absolute Gasteiger partial charge is 0.406 e. The lowest BCUT2D eigenvalue weighted by Gasteiger charge is -2.06. The summed E-state index contributed by atoms with van der Waals surface area (Å²) in [4.78, 5) is 11.2. The first kappa shape index (κ1) is 13.4. The molecule has 17 heavy (non-hydrogen) atoms. The number of hydrogen-bond donors (Lipinski definition) is 3. The van der Waals surface area contributed by atoms with E-state index >= 15 is 0 Å². The fourth-order valence-electron chi connectivity index (χ4n) is 1.29. The number of carbonyl (C=O) groups is 1. The Morgan fingerprint density at radius 3 is 2.76 bits per heavy atom. The summed E-state index contributed by atoms with van der Waals surface area (Å²) in [7, 11) is 0. The van der Waals surface area contributed by atoms with Crippen molar-refractivity contribution in [1.29, 1.82) is 0 Å². The summed E-state index contributed by atoms with van der Waals surface area (Å²) < 4.78 is 5.35. The Balaban J connectivity index is 2.43. The molecule has 3 N–H and O–H groups in total. The average Bonchev–Trinajstić information content (AvgIpc) is 2.76. The van der Waals surface area contributed by atoms with Crippen molar-refractivity contribution in [2.75, 3.05) is 25.0 Å². The highest BCUT2D eigenvalue weighted by molar-refractivity contribution is 5.79. The molecule has 0 spiro atoms. The maximum atomic E-state index is 11.2. The summed E-state index contributed by atoms with van der Waals surface area (Å²) in [5.74, 6) is 0.400. The van der Waals surface area contributed by atoms with Crippen molar-refractivity contribution < 1.29 is 9.21 Å². The molecular formula is C10H19N5O2. The maximum Gasteiger partial charge on any atom is 0.315 e. The molecule has 1 unspecified atom stereocenters. The van der Waals surface area contributed by atoms with E-state index in [2.05, 4.69) is 26.1 Å². The standard InChI is InChI=1S/C10H19N5O2/c1-4-11-7(3)9-14-15-10(17-9)13-6-8(16)12-5-2/h7,11H,4-6H2,1-3H3,(H,12,16)(H,13,15). The summed E-state index contributed by atoms with van der Waals surface area (Å²) >= 11 is 0. The molecule has 7 nitrogen and oxygen atoms in total. The molecule has 1 heterocycles. The van der Waals surface area contributed by atoms with Gasteiger partial charge in [-0.1, -0.05) is 12.0 Å². The molecule has 0 bridgehead atoms. The molecular weight excluding hydrogens is 222 g/mol. The smallest absolute Gasteiger partial charge is 0.315 e. The van der Waals surface area contributed by atoms with E-state index in [9.17, 15) is 4.79 Å². The first-order valence-electron chi connectivity index (χ1n) is 5.74. The van der Waals surface area contributed by atoms with Gasteiger partial charge in [-0.15, -0.1) is 5.10 Å². The van der Waals surface area contributed by atoms with Gasteiger partial charge in [0.15, 0.2) is 0 Å². The fourth-order valence-corrected chi connectivity index (χ4v) is 1.29. The maximum absolute atomic E-state index is 11.2. The van der Waals surface area contributed by atoms with Crippen LogP contribution in [0.25, 0.3) is 0 Å². The molecule has 1 atom stereocenters. The molecule has 0 aliphatic rings. The zero-order chi connectivity index (χ0) is 12.7. The quantitative estimate of drug-likeness (QED) is 0.635. The number of nitrogens with zero attached hydrogens (tertiary/aromatic N) is 2. The van der Waals surface area contributed by atoms with Crippen molar-refractivity contribution >= 4 is 11.9 Å². The molecule has 0 radical (unpaired) electrons. The lowest BCUT2D eigenvalue weighted by atomic mass is 10.3. The molecule has 1 aromatic rings. The van der Waals surface area contributed by atoms with Crippen LogP contribution in [0.4, 0.5) is 6.01 Å². The summed E-state index contributed by atoms with van der Waals surface area (Å²) in [5.41, 5.74) is 0. The molecule has 0 aliphatic heterocycles. The number of likely N-dealkylation sites (N-methyl/N-ethyl adjacent to an activating group) is 1. The van der Waals surface area contributed by atoms with E-state index in [0.717, 1.165) is 6.54 Å². The van der Waals surface area contributed by atoms with Gasteiger partial charge in [0.05, 0.1) is 12.6 Å². The third kappa shape index (κ3) is 4.39. The monoisotopic (exact) mass is 241 g/mol. The zero-order valence-electron chi connectivity index (χ0n) is 10.4. The Kier molecular flexibility index (Phi) is 5.41. The second kappa shape index (κ2) is 6.85. The van der Waals surface area contributed by atoms with Crippen molar-refractivity contribution in [1.82, 2.24) is 20.8 Å². The van der Waals surface area contributed by atoms with Crippen LogP contribution >= 0.6 is 0 Å². The second-order valence-electron chi connectivity index (χ2n) is 3.53. The van der Waals surface area contributed by atoms with Gasteiger partial charge in [0.2, 0.25) is 11.8 Å². The summed E-state index contributed by atoms with van der Waals surface area (Å²) in [6.07, 6.45) is 0. The molecule has 0 aliphatic carbocycles. The number of anilines is 1. The van der Waals surface area contributed by atoms with Gasteiger partial charge >= 0.3 is 6.01 Å². The highest BCUT2D eigenvalue weighted by atomic mass is 16.4. The molecule has 0 fully saturated rings. The van der Waals surface area contributed by atoms with Crippen LogP contribution in [0.3, 0.4) is 0 Å². The van der Waals surface area contributed by atoms with Crippen LogP contribution in [0.2, 0.25) is 0 Å². The van der Waals surface area contributed by atoms with E-state index in [4.69, 9.17) is 4.42 Å². The van der Waals surface area contributed by atoms with Crippen molar-refractivity contribution in [3.63, 3.8) is 0 Å². The molecule has 7 heteroatoms. The Labute approximate surface area is 100 Å². The molecule has 1 rings (SSSR count). The third-order valence-corrected chi connectivity index (χ3v) is 2.10. The first-order chi connectivity index (χ1) is 8.17. The van der Waals surface area contributed by atoms with E-state index in [-0.39, 0.29) is 24.5 Å². The van der Waals surface area contributed by atoms with Crippen LogP contribution < -0.4 is 16.0 Å². The highest BCUT2D eigenvalue weighted by Crippen LogP contribution is 2.12. The predicted molar refractivity (Wildman–Crippen MR) is 63.6 cm³/mol. The van der Waals surface area contributed by atoms with Crippen molar-refractivity contribution in [2.45, 2.75) is 26.8 Å². The number of nitrogens with one attached hydrogen (secondary N) is 3. The van der Waals surface area contributed by atoms with Crippen LogP contribution in [0.5, 0.6) is 0 Å². The van der Waals surface area contributed by atoms with Gasteiger partial charge in [0.25, 0.3) is 0 Å². The summed E-state index contributed by atoms with van der Waals surface area (Å²) in [6, 6.07) is 0.267. The zero-order valence-corrected chi connectivity index (χ0v) is 10.4. The number of aromatic nitrogens is 2. The molecule has 96 valence electrons. The van der Waals surface area contributed by atoms with Gasteiger partial charge in [-0.25, -0.2) is 0 Å². The Hall–Kier alpha value is -1.63. The third-order valence-electron chi connectivity index (χ3n) is 2.10. The molecule has 0 saturated carbocycles. The van der Waals surface area contributed by atoms with E-state index < -0.39 is 0 Å². The van der Waals surface area contributed by atoms with E-state index in [0.29, 0.717) is 12.4 Å². The minimum atomic E-state index is -0.105. The van der Waals surface area contributed by atoms with Crippen LogP contribution in [0, 0.1) is 0 Å². The Morgan fingerprint density at radius 2 is 2.12 bits per heavy atom. The van der Waals surface area contributed by atoms with Crippen molar-refractivity contribution in [3.05, 3.63) is 5.89 Å². The number of amides is 1. The van der Waals surface area contributed by atoms with Gasteiger partial charge in [-0.2, -0.15) is 0 Å². The van der Waals surface area contributed by atoms with Crippen LogP contribution in [-0.4, -0.2) is 35.7 Å². The number of rotatable bonds is 7. The average molecular weight is 241 g/mol. The van der Waals surface area contributed by atoms with Gasteiger partial charge in [0, 0.05) is 6.54 Å². The van der Waals surface area contributed by atoms with E-state index in [1.807, 2.05) is 20.8 Å². The Bertz CT molecular complexity index is 352. The van der Waals surface area contributed by atoms with Gasteiger partial charge < -0.3 is 20.4 Å². The minimum Gasteiger partial charge on any atom is -0.406 e. The van der Waals surface area contributed by atoms with Gasteiger partial charge in [-0.05, 0) is 20.4 Å². The number of hydrogen-bond acceptors (Lipinski definition) is 6. The normalized spacial score (nSPS) is 12.2. The second-order valence-corrected chi connectivity index (χ2v) is 3.53. The van der Waals surface area contributed by atoms with Crippen LogP contribution in [0.1, 0.15) is 32.7 Å². The molecule has 0 saturated heterocycles. The van der Waals surface area contributed by atoms with Crippen molar-refractivity contribution in [2.24, 2.45) is 0 Å². The lowest BCUT2D eigenvalue weighted by molar-refractivity contribution is -0.119. The molecule has 1 amide bonds. The lowest BCUT2D eigenvalue weighted by Crippen LogP contribution is -2.29. The Morgan fingerprint density at radius 1 is 1.35 bits per heavy atom. The summed E-state index contributed by atoms with van der Waals surface area (Å²) in [5, 5.41) is 16.3. The predicted octanol–water partition coefficient (Wildman–Crippen LogP) is 0.288. The highest BCUT2D eigenvalue weighted by Gasteiger charge is 2.12. The van der Waals surface area contributed by atoms with Crippen LogP contribution in [0.15, 0.2) is 4.42 Å². The SMILES string of the molecule is CCNC(=O)CNc1nnc(C(C)NCC)o1. The first-order valence-corrected chi connectivity index (χ1v) is 5.74. The van der Waals surface area contributed by atoms with Crippen molar-refractivity contribution in [3.8, 4) is 0 Å². The minimum absolute atomic E-state index is 0.00696. The van der Waals surface area contributed by atoms with Crippen LogP contribution in [-0.2, 0) is 4.79 Å². The molecule has 1 aromatic heterocycles. The summed E-state index contributed by atoms with van der Waals surface area (Å²) in [6.45, 7) is 7.36. The van der Waals surface area contributed by atoms with E-state index in [1.54, 1.807) is 0 Å². The van der Waals surface area contributed by atoms with Gasteiger partial charge in [0.1, 0.15) is 0 Å². The topological polar surface area (TPSA) is 92.1 Å². The van der Waals surface area contributed by atoms with E-state index in [1.165, 1.54) is 0 Å². The number of carbonyl (C=O) groups excluding carboxylic acids is 1.